The molecule has 5 rings (SSSR count). The third-order valence-electron chi connectivity index (χ3n) is 6.38. The van der Waals surface area contributed by atoms with Crippen LogP contribution in [0.1, 0.15) is 11.4 Å². The van der Waals surface area contributed by atoms with E-state index in [1.165, 1.54) is 12.1 Å². The van der Waals surface area contributed by atoms with Gasteiger partial charge < -0.3 is 9.30 Å². The van der Waals surface area contributed by atoms with Gasteiger partial charge in [-0.2, -0.15) is 0 Å². The Balaban J connectivity index is 1.19. The van der Waals surface area contributed by atoms with Crippen LogP contribution in [0.25, 0.3) is 11.0 Å². The number of rotatable bonds is 8. The molecule has 2 heterocycles. The van der Waals surface area contributed by atoms with Gasteiger partial charge in [-0.3, -0.25) is 9.80 Å². The number of para-hydroxylation sites is 2. The molecule has 0 bridgehead atoms. The lowest BCUT2D eigenvalue weighted by Crippen LogP contribution is -2.47. The number of piperazine rings is 1. The third-order valence-corrected chi connectivity index (χ3v) is 6.92. The highest BCUT2D eigenvalue weighted by Gasteiger charge is 2.20. The Morgan fingerprint density at radius 2 is 1.60 bits per heavy atom. The highest BCUT2D eigenvalue weighted by atomic mass is 35.5. The van der Waals surface area contributed by atoms with Gasteiger partial charge in [0.15, 0.2) is 0 Å². The average Bonchev–Trinajstić information content (AvgIpc) is 3.20. The number of nitrogens with zero attached hydrogens (tertiary/aromatic N) is 4. The van der Waals surface area contributed by atoms with Crippen LogP contribution >= 0.6 is 23.2 Å². The average molecular weight is 513 g/mol. The summed E-state index contributed by atoms with van der Waals surface area (Å²) in [7, 11) is 0. The monoisotopic (exact) mass is 512 g/mol. The minimum Gasteiger partial charge on any atom is -0.491 e. The molecule has 0 amide bonds. The van der Waals surface area contributed by atoms with Crippen molar-refractivity contribution in [3.8, 4) is 5.75 Å². The predicted molar refractivity (Wildman–Crippen MR) is 139 cm³/mol. The number of benzene rings is 3. The molecule has 3 aromatic carbocycles. The molecule has 1 fully saturated rings. The summed E-state index contributed by atoms with van der Waals surface area (Å²) in [5.74, 6) is 1.43. The molecule has 0 radical (unpaired) electrons. The van der Waals surface area contributed by atoms with Crippen LogP contribution < -0.4 is 4.74 Å². The zero-order valence-electron chi connectivity index (χ0n) is 19.3. The summed E-state index contributed by atoms with van der Waals surface area (Å²) in [6, 6.07) is 20.1. The molecular weight excluding hydrogens is 486 g/mol. The molecule has 0 aliphatic carbocycles. The zero-order chi connectivity index (χ0) is 24.2. The summed E-state index contributed by atoms with van der Waals surface area (Å²) in [6.07, 6.45) is 0. The van der Waals surface area contributed by atoms with Crippen LogP contribution in [-0.2, 0) is 13.1 Å². The quantitative estimate of drug-likeness (QED) is 0.302. The summed E-state index contributed by atoms with van der Waals surface area (Å²) in [4.78, 5) is 9.77. The Morgan fingerprint density at radius 3 is 2.40 bits per heavy atom. The summed E-state index contributed by atoms with van der Waals surface area (Å²) in [5, 5.41) is 1.19. The number of ether oxygens (including phenoxy) is 1. The number of hydrogen-bond acceptors (Lipinski definition) is 4. The van der Waals surface area contributed by atoms with E-state index in [1.807, 2.05) is 30.3 Å². The molecule has 5 nitrogen and oxygen atoms in total. The fourth-order valence-corrected chi connectivity index (χ4v) is 4.77. The van der Waals surface area contributed by atoms with Crippen molar-refractivity contribution in [3.63, 3.8) is 0 Å². The molecular formula is C27H27Cl2FN4O. The van der Waals surface area contributed by atoms with Crippen LogP contribution in [-0.4, -0.2) is 58.7 Å². The first-order chi connectivity index (χ1) is 17.0. The molecule has 0 spiro atoms. The minimum absolute atomic E-state index is 0.219. The van der Waals surface area contributed by atoms with Crippen molar-refractivity contribution in [1.29, 1.82) is 0 Å². The van der Waals surface area contributed by atoms with Gasteiger partial charge in [-0.05, 0) is 42.0 Å². The number of fused-ring (bicyclic) bond motifs is 1. The number of halogens is 3. The largest absolute Gasteiger partial charge is 0.491 e. The van der Waals surface area contributed by atoms with Crippen molar-refractivity contribution in [2.24, 2.45) is 0 Å². The molecule has 0 atom stereocenters. The van der Waals surface area contributed by atoms with E-state index in [2.05, 4.69) is 20.4 Å². The molecule has 0 saturated carbocycles. The van der Waals surface area contributed by atoms with Crippen molar-refractivity contribution < 1.29 is 9.13 Å². The van der Waals surface area contributed by atoms with E-state index < -0.39 is 0 Å². The first-order valence-corrected chi connectivity index (χ1v) is 12.5. The van der Waals surface area contributed by atoms with Gasteiger partial charge in [0.1, 0.15) is 24.0 Å². The Labute approximate surface area is 214 Å². The summed E-state index contributed by atoms with van der Waals surface area (Å²) in [5.41, 5.74) is 3.14. The number of imidazole rings is 1. The normalized spacial score (nSPS) is 15.1. The minimum atomic E-state index is -0.219. The second-order valence-corrected chi connectivity index (χ2v) is 9.61. The van der Waals surface area contributed by atoms with Gasteiger partial charge in [0.2, 0.25) is 0 Å². The van der Waals surface area contributed by atoms with Crippen molar-refractivity contribution in [2.75, 3.05) is 39.3 Å². The highest BCUT2D eigenvalue weighted by molar-refractivity contribution is 6.34. The standard InChI is InChI=1S/C27H27Cl2FN4O/c28-21-7-10-23(29)26(17-21)35-16-15-32-11-13-33(14-12-32)19-27-31-24-3-1-2-4-25(24)34(27)18-20-5-8-22(30)9-6-20/h1-10,17H,11-16,18-19H2. The first-order valence-electron chi connectivity index (χ1n) is 11.8. The van der Waals surface area contributed by atoms with Crippen molar-refractivity contribution in [2.45, 2.75) is 13.1 Å². The maximum absolute atomic E-state index is 13.4. The lowest BCUT2D eigenvalue weighted by atomic mass is 10.2. The van der Waals surface area contributed by atoms with Crippen LogP contribution in [0, 0.1) is 5.82 Å². The SMILES string of the molecule is Fc1ccc(Cn2c(CN3CCN(CCOc4cc(Cl)ccc4Cl)CC3)nc3ccccc32)cc1. The third kappa shape index (κ3) is 5.96. The van der Waals surface area contributed by atoms with E-state index in [-0.39, 0.29) is 5.82 Å². The Morgan fingerprint density at radius 1 is 0.857 bits per heavy atom. The molecule has 0 N–H and O–H groups in total. The van der Waals surface area contributed by atoms with Crippen molar-refractivity contribution in [1.82, 2.24) is 19.4 Å². The van der Waals surface area contributed by atoms with Gasteiger partial charge in [-0.15, -0.1) is 0 Å². The van der Waals surface area contributed by atoms with Gasteiger partial charge in [-0.1, -0.05) is 47.5 Å². The molecule has 4 aromatic rings. The summed E-state index contributed by atoms with van der Waals surface area (Å²) in [6.45, 7) is 6.68. The predicted octanol–water partition coefficient (Wildman–Crippen LogP) is 5.73. The fraction of sp³-hybridized carbons (Fsp3) is 0.296. The van der Waals surface area contributed by atoms with Crippen LogP contribution in [0.4, 0.5) is 4.39 Å². The van der Waals surface area contributed by atoms with Crippen LogP contribution in [0.15, 0.2) is 66.7 Å². The van der Waals surface area contributed by atoms with Gasteiger partial charge in [-0.25, -0.2) is 9.37 Å². The van der Waals surface area contributed by atoms with Crippen LogP contribution in [0.5, 0.6) is 5.75 Å². The highest BCUT2D eigenvalue weighted by Crippen LogP contribution is 2.27. The Kier molecular flexibility index (Phi) is 7.54. The lowest BCUT2D eigenvalue weighted by molar-refractivity contribution is 0.110. The van der Waals surface area contributed by atoms with Crippen molar-refractivity contribution >= 4 is 34.2 Å². The van der Waals surface area contributed by atoms with Crippen molar-refractivity contribution in [3.05, 3.63) is 94.0 Å². The topological polar surface area (TPSA) is 33.5 Å². The Hall–Kier alpha value is -2.64. The van der Waals surface area contributed by atoms with Crippen LogP contribution in [0.2, 0.25) is 10.0 Å². The Bertz CT molecular complexity index is 1290. The van der Waals surface area contributed by atoms with Crippen LogP contribution in [0.3, 0.4) is 0 Å². The number of aromatic nitrogens is 2. The van der Waals surface area contributed by atoms with Gasteiger partial charge in [0, 0.05) is 50.4 Å². The van der Waals surface area contributed by atoms with Gasteiger partial charge in [0.05, 0.1) is 22.6 Å². The summed E-state index contributed by atoms with van der Waals surface area (Å²) >= 11 is 12.2. The van der Waals surface area contributed by atoms with E-state index in [1.54, 1.807) is 18.2 Å². The maximum Gasteiger partial charge on any atom is 0.139 e. The zero-order valence-corrected chi connectivity index (χ0v) is 20.9. The second-order valence-electron chi connectivity index (χ2n) is 8.77. The van der Waals surface area contributed by atoms with E-state index >= 15 is 0 Å². The second kappa shape index (κ2) is 11.0. The first kappa shape index (κ1) is 24.1. The summed E-state index contributed by atoms with van der Waals surface area (Å²) < 4.78 is 21.5. The molecule has 35 heavy (non-hydrogen) atoms. The van der Waals surface area contributed by atoms with Gasteiger partial charge in [0.25, 0.3) is 0 Å². The number of hydrogen-bond donors (Lipinski definition) is 0. The molecule has 1 saturated heterocycles. The fourth-order valence-electron chi connectivity index (χ4n) is 4.44. The lowest BCUT2D eigenvalue weighted by Gasteiger charge is -2.34. The molecule has 1 aromatic heterocycles. The van der Waals surface area contributed by atoms with E-state index in [4.69, 9.17) is 32.9 Å². The van der Waals surface area contributed by atoms with E-state index in [0.717, 1.165) is 61.7 Å². The molecule has 1 aliphatic rings. The van der Waals surface area contributed by atoms with E-state index in [9.17, 15) is 4.39 Å². The molecule has 0 unspecified atom stereocenters. The maximum atomic E-state index is 13.4. The molecule has 1 aliphatic heterocycles. The molecule has 8 heteroatoms. The molecule has 182 valence electrons. The van der Waals surface area contributed by atoms with E-state index in [0.29, 0.717) is 28.9 Å². The smallest absolute Gasteiger partial charge is 0.139 e. The van der Waals surface area contributed by atoms with Gasteiger partial charge >= 0.3 is 0 Å².